The Morgan fingerprint density at radius 1 is 1.40 bits per heavy atom. The van der Waals surface area contributed by atoms with Gasteiger partial charge in [0.2, 0.25) is 0 Å². The molecule has 0 fully saturated rings. The van der Waals surface area contributed by atoms with E-state index in [1.165, 1.54) is 11.0 Å². The summed E-state index contributed by atoms with van der Waals surface area (Å²) in [7, 11) is 2.12. The molecule has 0 unspecified atom stereocenters. The van der Waals surface area contributed by atoms with Crippen LogP contribution >= 0.6 is 15.9 Å². The van der Waals surface area contributed by atoms with Gasteiger partial charge in [-0.2, -0.15) is 0 Å². The second kappa shape index (κ2) is 3.82. The summed E-state index contributed by atoms with van der Waals surface area (Å²) in [6.45, 7) is 2.06. The number of benzene rings is 1. The first kappa shape index (κ1) is 7.87. The third-order valence-corrected chi connectivity index (χ3v) is 2.11. The largest absolute Gasteiger partial charge is 0.148 e. The van der Waals surface area contributed by atoms with Gasteiger partial charge in [-0.1, -0.05) is 52.5 Å². The van der Waals surface area contributed by atoms with Gasteiger partial charge in [-0.3, -0.25) is 0 Å². The molecule has 0 aliphatic rings. The normalized spacial score (nSPS) is 9.40. The molecule has 0 bridgehead atoms. The molecule has 1 aromatic rings. The first-order valence-corrected chi connectivity index (χ1v) is 4.44. The highest BCUT2D eigenvalue weighted by Gasteiger charge is 1.95. The molecule has 2 heteroatoms. The van der Waals surface area contributed by atoms with E-state index in [0.717, 1.165) is 5.33 Å². The van der Waals surface area contributed by atoms with Crippen molar-refractivity contribution in [2.75, 3.05) is 0 Å². The molecule has 0 heterocycles. The van der Waals surface area contributed by atoms with E-state index >= 15 is 0 Å². The fourth-order valence-electron chi connectivity index (χ4n) is 0.938. The lowest BCUT2D eigenvalue weighted by Gasteiger charge is -2.01. The van der Waals surface area contributed by atoms with Crippen LogP contribution in [0.25, 0.3) is 0 Å². The second-order valence-corrected chi connectivity index (χ2v) is 2.68. The van der Waals surface area contributed by atoms with Crippen LogP contribution < -0.4 is 5.46 Å². The minimum atomic E-state index is 0.938. The summed E-state index contributed by atoms with van der Waals surface area (Å²) < 4.78 is 0. The van der Waals surface area contributed by atoms with Gasteiger partial charge in [-0.25, -0.2) is 0 Å². The zero-order valence-corrected chi connectivity index (χ0v) is 7.56. The standard InChI is InChI=1S/C8H9BBr/c1-9-8-5-3-2-4-7(8)6-10/h2-5H,6H2,1H3. The minimum Gasteiger partial charge on any atom is -0.0877 e. The average Bonchev–Trinajstić information content (AvgIpc) is 2.04. The van der Waals surface area contributed by atoms with Gasteiger partial charge in [0.05, 0.1) is 0 Å². The van der Waals surface area contributed by atoms with Crippen LogP contribution in [0.5, 0.6) is 0 Å². The lowest BCUT2D eigenvalue weighted by atomic mass is 9.71. The van der Waals surface area contributed by atoms with Gasteiger partial charge in [0.1, 0.15) is 7.28 Å². The highest BCUT2D eigenvalue weighted by Crippen LogP contribution is 2.00. The fraction of sp³-hybridized carbons (Fsp3) is 0.250. The molecule has 10 heavy (non-hydrogen) atoms. The molecule has 1 radical (unpaired) electrons. The number of alkyl halides is 1. The number of hydrogen-bond acceptors (Lipinski definition) is 0. The van der Waals surface area contributed by atoms with E-state index in [9.17, 15) is 0 Å². The van der Waals surface area contributed by atoms with Crippen molar-refractivity contribution in [3.05, 3.63) is 29.8 Å². The molecule has 0 saturated carbocycles. The van der Waals surface area contributed by atoms with E-state index in [1.54, 1.807) is 0 Å². The van der Waals surface area contributed by atoms with Crippen LogP contribution in [0.3, 0.4) is 0 Å². The third kappa shape index (κ3) is 1.63. The van der Waals surface area contributed by atoms with Crippen molar-refractivity contribution in [2.45, 2.75) is 12.2 Å². The van der Waals surface area contributed by atoms with Crippen molar-refractivity contribution in [1.29, 1.82) is 0 Å². The SMILES string of the molecule is C[B]c1ccccc1CBr. The number of hydrogen-bond donors (Lipinski definition) is 0. The first-order valence-electron chi connectivity index (χ1n) is 3.31. The van der Waals surface area contributed by atoms with E-state index in [1.807, 2.05) is 0 Å². The number of rotatable bonds is 2. The van der Waals surface area contributed by atoms with E-state index < -0.39 is 0 Å². The average molecular weight is 196 g/mol. The molecule has 0 aliphatic carbocycles. The molecule has 51 valence electrons. The molecule has 0 nitrogen and oxygen atoms in total. The maximum Gasteiger partial charge on any atom is 0.148 e. The van der Waals surface area contributed by atoms with Gasteiger partial charge < -0.3 is 0 Å². The lowest BCUT2D eigenvalue weighted by Crippen LogP contribution is -2.14. The summed E-state index contributed by atoms with van der Waals surface area (Å²) in [6.07, 6.45) is 0. The summed E-state index contributed by atoms with van der Waals surface area (Å²) in [6, 6.07) is 8.37. The Morgan fingerprint density at radius 3 is 2.60 bits per heavy atom. The maximum atomic E-state index is 3.43. The van der Waals surface area contributed by atoms with Crippen molar-refractivity contribution in [3.8, 4) is 0 Å². The monoisotopic (exact) mass is 195 g/mol. The molecule has 0 saturated heterocycles. The Hall–Kier alpha value is -0.235. The Bertz CT molecular complexity index is 187. The van der Waals surface area contributed by atoms with Crippen LogP contribution in [0.15, 0.2) is 24.3 Å². The van der Waals surface area contributed by atoms with Crippen molar-refractivity contribution in [2.24, 2.45) is 0 Å². The molecule has 0 N–H and O–H groups in total. The summed E-state index contributed by atoms with van der Waals surface area (Å²) >= 11 is 3.43. The smallest absolute Gasteiger partial charge is 0.0877 e. The zero-order chi connectivity index (χ0) is 7.40. The molecule has 1 rings (SSSR count). The van der Waals surface area contributed by atoms with E-state index in [0.29, 0.717) is 0 Å². The zero-order valence-electron chi connectivity index (χ0n) is 5.97. The second-order valence-electron chi connectivity index (χ2n) is 2.12. The van der Waals surface area contributed by atoms with E-state index in [-0.39, 0.29) is 0 Å². The van der Waals surface area contributed by atoms with Crippen molar-refractivity contribution < 1.29 is 0 Å². The van der Waals surface area contributed by atoms with Crippen LogP contribution in [-0.4, -0.2) is 7.28 Å². The van der Waals surface area contributed by atoms with Crippen molar-refractivity contribution in [3.63, 3.8) is 0 Å². The van der Waals surface area contributed by atoms with Crippen LogP contribution in [0.2, 0.25) is 6.82 Å². The molecule has 0 aliphatic heterocycles. The topological polar surface area (TPSA) is 0 Å². The minimum absolute atomic E-state index is 0.938. The van der Waals surface area contributed by atoms with Gasteiger partial charge in [0, 0.05) is 5.33 Å². The molecule has 1 aromatic carbocycles. The summed E-state index contributed by atoms with van der Waals surface area (Å²) in [5.74, 6) is 0. The van der Waals surface area contributed by atoms with Crippen LogP contribution in [0.1, 0.15) is 5.56 Å². The predicted octanol–water partition coefficient (Wildman–Crippen LogP) is 1.96. The lowest BCUT2D eigenvalue weighted by molar-refractivity contribution is 1.47. The maximum absolute atomic E-state index is 3.43. The van der Waals surface area contributed by atoms with Gasteiger partial charge in [-0.05, 0) is 5.56 Å². The fourth-order valence-corrected chi connectivity index (χ4v) is 1.45. The van der Waals surface area contributed by atoms with Gasteiger partial charge in [-0.15, -0.1) is 0 Å². The van der Waals surface area contributed by atoms with Gasteiger partial charge in [0.15, 0.2) is 0 Å². The first-order chi connectivity index (χ1) is 4.88. The Kier molecular flexibility index (Phi) is 3.00. The molecule has 0 atom stereocenters. The number of halogens is 1. The molecular formula is C8H9BBr. The van der Waals surface area contributed by atoms with Crippen LogP contribution in [0.4, 0.5) is 0 Å². The molecule has 0 spiro atoms. The van der Waals surface area contributed by atoms with Crippen molar-refractivity contribution in [1.82, 2.24) is 0 Å². The summed E-state index contributed by atoms with van der Waals surface area (Å²) in [4.78, 5) is 0. The Balaban J connectivity index is 2.96. The van der Waals surface area contributed by atoms with E-state index in [2.05, 4.69) is 54.3 Å². The predicted molar refractivity (Wildman–Crippen MR) is 50.3 cm³/mol. The summed E-state index contributed by atoms with van der Waals surface area (Å²) in [5.41, 5.74) is 2.67. The van der Waals surface area contributed by atoms with Gasteiger partial charge >= 0.3 is 0 Å². The van der Waals surface area contributed by atoms with E-state index in [4.69, 9.17) is 0 Å². The Morgan fingerprint density at radius 2 is 2.10 bits per heavy atom. The molecule has 0 aromatic heterocycles. The van der Waals surface area contributed by atoms with Crippen LogP contribution in [0, 0.1) is 0 Å². The quantitative estimate of drug-likeness (QED) is 0.500. The molecular weight excluding hydrogens is 187 g/mol. The molecule has 0 amide bonds. The summed E-state index contributed by atoms with van der Waals surface area (Å²) in [5, 5.41) is 0.938. The Labute approximate surface area is 71.0 Å². The highest BCUT2D eigenvalue weighted by molar-refractivity contribution is 9.08. The van der Waals surface area contributed by atoms with Crippen molar-refractivity contribution >= 4 is 28.7 Å². The van der Waals surface area contributed by atoms with Gasteiger partial charge in [0.25, 0.3) is 0 Å². The van der Waals surface area contributed by atoms with Crippen LogP contribution in [-0.2, 0) is 5.33 Å². The third-order valence-electron chi connectivity index (χ3n) is 1.51. The highest BCUT2D eigenvalue weighted by atomic mass is 79.9.